The van der Waals surface area contributed by atoms with Crippen LogP contribution in [0.25, 0.3) is 16.6 Å². The number of fused-ring (bicyclic) bond motifs is 1. The molecule has 0 aliphatic carbocycles. The summed E-state index contributed by atoms with van der Waals surface area (Å²) in [7, 11) is 1.51. The Morgan fingerprint density at radius 1 is 1.03 bits per heavy atom. The van der Waals surface area contributed by atoms with Crippen LogP contribution in [0.1, 0.15) is 10.4 Å². The van der Waals surface area contributed by atoms with Gasteiger partial charge in [-0.1, -0.05) is 53.7 Å². The van der Waals surface area contributed by atoms with Crippen molar-refractivity contribution in [3.8, 4) is 11.4 Å². The number of rotatable bonds is 6. The summed E-state index contributed by atoms with van der Waals surface area (Å²) in [5, 5.41) is 1.08. The van der Waals surface area contributed by atoms with Crippen molar-refractivity contribution in [3.63, 3.8) is 0 Å². The molecule has 0 unspecified atom stereocenters. The molecule has 0 aliphatic heterocycles. The fourth-order valence-electron chi connectivity index (χ4n) is 3.22. The van der Waals surface area contributed by atoms with E-state index >= 15 is 0 Å². The number of aromatic nitrogens is 2. The van der Waals surface area contributed by atoms with Gasteiger partial charge in [-0.3, -0.25) is 29.8 Å². The molecule has 0 aliphatic rings. The summed E-state index contributed by atoms with van der Waals surface area (Å²) in [5.74, 6) is -0.547. The van der Waals surface area contributed by atoms with E-state index in [-0.39, 0.29) is 16.5 Å². The Morgan fingerprint density at radius 3 is 2.53 bits per heavy atom. The Morgan fingerprint density at radius 2 is 1.76 bits per heavy atom. The second-order valence-corrected chi connectivity index (χ2v) is 8.40. The van der Waals surface area contributed by atoms with Crippen molar-refractivity contribution in [1.29, 1.82) is 0 Å². The van der Waals surface area contributed by atoms with Crippen molar-refractivity contribution in [3.05, 3.63) is 93.7 Å². The lowest BCUT2D eigenvalue weighted by atomic mass is 10.2. The molecule has 0 saturated carbocycles. The second-order valence-electron chi connectivity index (χ2n) is 7.03. The Hall–Kier alpha value is -3.82. The van der Waals surface area contributed by atoms with Gasteiger partial charge >= 0.3 is 0 Å². The number of para-hydroxylation sites is 2. The van der Waals surface area contributed by atoms with Gasteiger partial charge < -0.3 is 4.74 Å². The van der Waals surface area contributed by atoms with Crippen LogP contribution in [0.2, 0.25) is 5.02 Å². The van der Waals surface area contributed by atoms with Gasteiger partial charge in [0.25, 0.3) is 11.5 Å². The Balaban J connectivity index is 1.61. The van der Waals surface area contributed by atoms with E-state index in [2.05, 4.69) is 15.8 Å². The minimum absolute atomic E-state index is 0.108. The second kappa shape index (κ2) is 10.4. The predicted octanol–water partition coefficient (Wildman–Crippen LogP) is 3.60. The number of carbonyl (C=O) groups is 2. The first kappa shape index (κ1) is 23.3. The molecule has 2 N–H and O–H groups in total. The summed E-state index contributed by atoms with van der Waals surface area (Å²) in [6, 6.07) is 20.3. The Kier molecular flexibility index (Phi) is 7.15. The number of nitrogens with one attached hydrogen (secondary N) is 2. The van der Waals surface area contributed by atoms with E-state index in [1.54, 1.807) is 72.8 Å². The first-order valence-corrected chi connectivity index (χ1v) is 11.5. The van der Waals surface area contributed by atoms with E-state index in [1.165, 1.54) is 11.7 Å². The summed E-state index contributed by atoms with van der Waals surface area (Å²) in [4.78, 5) is 42.5. The maximum Gasteiger partial charge on any atom is 0.269 e. The molecule has 1 heterocycles. The molecule has 0 bridgehead atoms. The van der Waals surface area contributed by atoms with Crippen LogP contribution in [-0.4, -0.2) is 34.2 Å². The quantitative estimate of drug-likeness (QED) is 0.241. The average molecular weight is 495 g/mol. The van der Waals surface area contributed by atoms with Gasteiger partial charge in [-0.15, -0.1) is 0 Å². The molecule has 3 aromatic carbocycles. The lowest BCUT2D eigenvalue weighted by Gasteiger charge is -2.16. The van der Waals surface area contributed by atoms with Crippen molar-refractivity contribution >= 4 is 46.1 Å². The van der Waals surface area contributed by atoms with Crippen LogP contribution in [-0.2, 0) is 4.79 Å². The van der Waals surface area contributed by atoms with Crippen molar-refractivity contribution in [2.75, 3.05) is 12.9 Å². The summed E-state index contributed by atoms with van der Waals surface area (Å²) < 4.78 is 6.83. The molecule has 0 spiro atoms. The SMILES string of the molecule is COc1ccccc1-n1c(SCC(=O)NNC(=O)c2ccccc2)nc2cc(Cl)ccc2c1=O. The van der Waals surface area contributed by atoms with E-state index in [0.29, 0.717) is 32.9 Å². The number of benzene rings is 3. The van der Waals surface area contributed by atoms with Gasteiger partial charge in [0.1, 0.15) is 5.75 Å². The molecule has 8 nitrogen and oxygen atoms in total. The molecule has 10 heteroatoms. The van der Waals surface area contributed by atoms with Gasteiger partial charge in [-0.05, 0) is 42.5 Å². The van der Waals surface area contributed by atoms with Gasteiger partial charge in [0.15, 0.2) is 5.16 Å². The van der Waals surface area contributed by atoms with Crippen LogP contribution in [0.3, 0.4) is 0 Å². The third-order valence-corrected chi connectivity index (χ3v) is 5.98. The normalized spacial score (nSPS) is 10.6. The third kappa shape index (κ3) is 5.05. The predicted molar refractivity (Wildman–Crippen MR) is 132 cm³/mol. The number of ether oxygens (including phenoxy) is 1. The number of hydrogen-bond acceptors (Lipinski definition) is 6. The molecule has 1 aromatic heterocycles. The van der Waals surface area contributed by atoms with Crippen LogP contribution in [0.4, 0.5) is 0 Å². The molecular weight excluding hydrogens is 476 g/mol. The van der Waals surface area contributed by atoms with Crippen molar-refractivity contribution < 1.29 is 14.3 Å². The number of hydrazine groups is 1. The minimum Gasteiger partial charge on any atom is -0.495 e. The van der Waals surface area contributed by atoms with Crippen LogP contribution >= 0.6 is 23.4 Å². The molecule has 172 valence electrons. The van der Waals surface area contributed by atoms with E-state index in [1.807, 2.05) is 0 Å². The van der Waals surface area contributed by atoms with Crippen LogP contribution in [0, 0.1) is 0 Å². The number of nitrogens with zero attached hydrogens (tertiary/aromatic N) is 2. The maximum absolute atomic E-state index is 13.4. The number of methoxy groups -OCH3 is 1. The molecule has 2 amide bonds. The monoisotopic (exact) mass is 494 g/mol. The lowest BCUT2D eigenvalue weighted by Crippen LogP contribution is -2.42. The van der Waals surface area contributed by atoms with Crippen LogP contribution in [0.15, 0.2) is 82.7 Å². The average Bonchev–Trinajstić information content (AvgIpc) is 2.86. The van der Waals surface area contributed by atoms with Crippen LogP contribution < -0.4 is 21.1 Å². The number of amides is 2. The molecule has 0 atom stereocenters. The number of carbonyl (C=O) groups excluding carboxylic acids is 2. The molecule has 0 saturated heterocycles. The zero-order chi connectivity index (χ0) is 24.1. The smallest absolute Gasteiger partial charge is 0.269 e. The molecule has 4 aromatic rings. The topological polar surface area (TPSA) is 102 Å². The maximum atomic E-state index is 13.4. The van der Waals surface area contributed by atoms with Crippen molar-refractivity contribution in [2.24, 2.45) is 0 Å². The van der Waals surface area contributed by atoms with Crippen molar-refractivity contribution in [1.82, 2.24) is 20.4 Å². The molecule has 0 fully saturated rings. The zero-order valence-corrected chi connectivity index (χ0v) is 19.5. The summed E-state index contributed by atoms with van der Waals surface area (Å²) >= 11 is 7.14. The fraction of sp³-hybridized carbons (Fsp3) is 0.0833. The van der Waals surface area contributed by atoms with Gasteiger partial charge in [0.2, 0.25) is 5.91 Å². The molecular formula is C24H19ClN4O4S. The van der Waals surface area contributed by atoms with E-state index in [0.717, 1.165) is 11.8 Å². The van der Waals surface area contributed by atoms with E-state index in [9.17, 15) is 14.4 Å². The minimum atomic E-state index is -0.471. The van der Waals surface area contributed by atoms with E-state index in [4.69, 9.17) is 16.3 Å². The summed E-state index contributed by atoms with van der Waals surface area (Å²) in [6.07, 6.45) is 0. The van der Waals surface area contributed by atoms with Gasteiger partial charge in [0, 0.05) is 10.6 Å². The highest BCUT2D eigenvalue weighted by atomic mass is 35.5. The van der Waals surface area contributed by atoms with Gasteiger partial charge in [-0.25, -0.2) is 4.98 Å². The highest BCUT2D eigenvalue weighted by Crippen LogP contribution is 2.27. The highest BCUT2D eigenvalue weighted by Gasteiger charge is 2.18. The lowest BCUT2D eigenvalue weighted by molar-refractivity contribution is -0.119. The first-order chi connectivity index (χ1) is 16.5. The zero-order valence-electron chi connectivity index (χ0n) is 17.9. The Bertz CT molecular complexity index is 1430. The van der Waals surface area contributed by atoms with Crippen LogP contribution in [0.5, 0.6) is 5.75 Å². The number of thioether (sulfide) groups is 1. The van der Waals surface area contributed by atoms with E-state index < -0.39 is 11.8 Å². The Labute approximate surface area is 203 Å². The number of halogens is 1. The molecule has 34 heavy (non-hydrogen) atoms. The summed E-state index contributed by atoms with van der Waals surface area (Å²) in [6.45, 7) is 0. The summed E-state index contributed by atoms with van der Waals surface area (Å²) in [5.41, 5.74) is 5.72. The first-order valence-electron chi connectivity index (χ1n) is 10.1. The highest BCUT2D eigenvalue weighted by molar-refractivity contribution is 7.99. The number of hydrogen-bond donors (Lipinski definition) is 2. The molecule has 4 rings (SSSR count). The van der Waals surface area contributed by atoms with Crippen molar-refractivity contribution in [2.45, 2.75) is 5.16 Å². The largest absolute Gasteiger partial charge is 0.495 e. The van der Waals surface area contributed by atoms with Gasteiger partial charge in [0.05, 0.1) is 29.5 Å². The standard InChI is InChI=1S/C24H19ClN4O4S/c1-33-20-10-6-5-9-19(20)29-23(32)17-12-11-16(25)13-18(17)26-24(29)34-14-21(30)27-28-22(31)15-7-3-2-4-8-15/h2-13H,14H2,1H3,(H,27,30)(H,28,31). The fourth-order valence-corrected chi connectivity index (χ4v) is 4.19. The molecule has 0 radical (unpaired) electrons. The third-order valence-electron chi connectivity index (χ3n) is 4.81. The van der Waals surface area contributed by atoms with Gasteiger partial charge in [-0.2, -0.15) is 0 Å².